The first-order valence-corrected chi connectivity index (χ1v) is 5.00. The molecule has 0 aromatic rings. The molecule has 0 fully saturated rings. The highest BCUT2D eigenvalue weighted by Crippen LogP contribution is 1.91. The highest BCUT2D eigenvalue weighted by molar-refractivity contribution is 4.63. The number of ether oxygens (including phenoxy) is 1. The van der Waals surface area contributed by atoms with Crippen LogP contribution in [-0.2, 0) is 4.74 Å². The van der Waals surface area contributed by atoms with Gasteiger partial charge < -0.3 is 15.0 Å². The smallest absolute Gasteiger partial charge is 0.0613 e. The van der Waals surface area contributed by atoms with Gasteiger partial charge in [-0.25, -0.2) is 0 Å². The fraction of sp³-hybridized carbons (Fsp3) is 1.00. The number of nitrogens with zero attached hydrogens (tertiary/aromatic N) is 1. The Hall–Kier alpha value is -0.120. The van der Waals surface area contributed by atoms with Crippen molar-refractivity contribution in [1.29, 1.82) is 0 Å². The molecule has 0 aliphatic rings. The van der Waals surface area contributed by atoms with Crippen molar-refractivity contribution in [2.24, 2.45) is 0 Å². The highest BCUT2D eigenvalue weighted by atomic mass is 16.5. The molecule has 0 rings (SSSR count). The molecular formula is C10H24N2O. The summed E-state index contributed by atoms with van der Waals surface area (Å²) in [6.45, 7) is 9.45. The lowest BCUT2D eigenvalue weighted by Crippen LogP contribution is -2.38. The zero-order chi connectivity index (χ0) is 10.3. The Labute approximate surface area is 82.4 Å². The molecule has 0 amide bonds. The van der Waals surface area contributed by atoms with E-state index in [4.69, 9.17) is 4.74 Å². The molecule has 0 heterocycles. The summed E-state index contributed by atoms with van der Waals surface area (Å²) >= 11 is 0. The van der Waals surface area contributed by atoms with E-state index in [0.717, 1.165) is 19.7 Å². The summed E-state index contributed by atoms with van der Waals surface area (Å²) < 4.78 is 5.03. The van der Waals surface area contributed by atoms with E-state index in [2.05, 4.69) is 38.0 Å². The van der Waals surface area contributed by atoms with Crippen LogP contribution in [0.15, 0.2) is 0 Å². The van der Waals surface area contributed by atoms with Crippen LogP contribution < -0.4 is 5.32 Å². The normalized spacial score (nSPS) is 14.1. The minimum absolute atomic E-state index is 0.450. The summed E-state index contributed by atoms with van der Waals surface area (Å²) in [7, 11) is 3.88. The number of hydrogen-bond acceptors (Lipinski definition) is 3. The van der Waals surface area contributed by atoms with Crippen LogP contribution in [0.3, 0.4) is 0 Å². The lowest BCUT2D eigenvalue weighted by Gasteiger charge is -2.22. The van der Waals surface area contributed by atoms with Gasteiger partial charge in [0.2, 0.25) is 0 Å². The van der Waals surface area contributed by atoms with Crippen LogP contribution in [0, 0.1) is 0 Å². The zero-order valence-electron chi connectivity index (χ0n) is 9.63. The van der Waals surface area contributed by atoms with Gasteiger partial charge in [0.15, 0.2) is 0 Å². The minimum atomic E-state index is 0.450. The molecule has 0 aromatic carbocycles. The molecule has 0 saturated carbocycles. The first-order valence-electron chi connectivity index (χ1n) is 5.00. The van der Waals surface area contributed by atoms with Crippen LogP contribution in [0.1, 0.15) is 20.8 Å². The number of hydrogen-bond donors (Lipinski definition) is 1. The first kappa shape index (κ1) is 12.9. The van der Waals surface area contributed by atoms with Gasteiger partial charge in [0, 0.05) is 32.3 Å². The van der Waals surface area contributed by atoms with Crippen molar-refractivity contribution in [3.63, 3.8) is 0 Å². The molecule has 0 spiro atoms. The van der Waals surface area contributed by atoms with Gasteiger partial charge in [0.1, 0.15) is 0 Å². The third-order valence-electron chi connectivity index (χ3n) is 2.26. The first-order chi connectivity index (χ1) is 6.07. The van der Waals surface area contributed by atoms with Crippen LogP contribution in [0.2, 0.25) is 0 Å². The summed E-state index contributed by atoms with van der Waals surface area (Å²) in [5.74, 6) is 0. The number of likely N-dealkylation sites (N-methyl/N-ethyl adjacent to an activating group) is 1. The van der Waals surface area contributed by atoms with Crippen molar-refractivity contribution in [3.05, 3.63) is 0 Å². The topological polar surface area (TPSA) is 24.5 Å². The number of nitrogens with one attached hydrogen (secondary N) is 1. The van der Waals surface area contributed by atoms with Crippen molar-refractivity contribution in [2.75, 3.05) is 33.9 Å². The molecule has 1 unspecified atom stereocenters. The van der Waals surface area contributed by atoms with Crippen molar-refractivity contribution < 1.29 is 4.74 Å². The SMILES string of the molecule is COCC(C)NCCN(C)C(C)C. The maximum absolute atomic E-state index is 5.03. The molecule has 1 N–H and O–H groups in total. The standard InChI is InChI=1S/C10H24N2O/c1-9(2)12(4)7-6-11-10(3)8-13-5/h9-11H,6-8H2,1-5H3. The van der Waals surface area contributed by atoms with Gasteiger partial charge >= 0.3 is 0 Å². The minimum Gasteiger partial charge on any atom is -0.383 e. The van der Waals surface area contributed by atoms with E-state index < -0.39 is 0 Å². The van der Waals surface area contributed by atoms with Crippen LogP contribution >= 0.6 is 0 Å². The molecular weight excluding hydrogens is 164 g/mol. The van der Waals surface area contributed by atoms with E-state index in [1.165, 1.54) is 0 Å². The van der Waals surface area contributed by atoms with E-state index >= 15 is 0 Å². The quantitative estimate of drug-likeness (QED) is 0.644. The molecule has 3 heteroatoms. The second-order valence-electron chi connectivity index (χ2n) is 3.88. The van der Waals surface area contributed by atoms with Gasteiger partial charge in [-0.2, -0.15) is 0 Å². The molecule has 0 aromatic heterocycles. The molecule has 3 nitrogen and oxygen atoms in total. The largest absolute Gasteiger partial charge is 0.383 e. The van der Waals surface area contributed by atoms with Gasteiger partial charge in [0.25, 0.3) is 0 Å². The second kappa shape index (κ2) is 7.30. The van der Waals surface area contributed by atoms with E-state index in [1.807, 2.05) is 0 Å². The van der Waals surface area contributed by atoms with Gasteiger partial charge in [0.05, 0.1) is 6.61 Å². The number of rotatable bonds is 7. The van der Waals surface area contributed by atoms with E-state index in [9.17, 15) is 0 Å². The molecule has 0 aliphatic heterocycles. The summed E-state index contributed by atoms with van der Waals surface area (Å²) in [6.07, 6.45) is 0. The lowest BCUT2D eigenvalue weighted by atomic mass is 10.3. The molecule has 0 aliphatic carbocycles. The van der Waals surface area contributed by atoms with E-state index in [1.54, 1.807) is 7.11 Å². The fourth-order valence-electron chi connectivity index (χ4n) is 1.05. The highest BCUT2D eigenvalue weighted by Gasteiger charge is 2.03. The van der Waals surface area contributed by atoms with Crippen LogP contribution in [0.4, 0.5) is 0 Å². The van der Waals surface area contributed by atoms with Crippen molar-refractivity contribution >= 4 is 0 Å². The molecule has 1 atom stereocenters. The fourth-order valence-corrected chi connectivity index (χ4v) is 1.05. The lowest BCUT2D eigenvalue weighted by molar-refractivity contribution is 0.169. The van der Waals surface area contributed by atoms with Crippen molar-refractivity contribution in [3.8, 4) is 0 Å². The summed E-state index contributed by atoms with van der Waals surface area (Å²) in [4.78, 5) is 2.33. The maximum Gasteiger partial charge on any atom is 0.0613 e. The third kappa shape index (κ3) is 6.99. The monoisotopic (exact) mass is 188 g/mol. The third-order valence-corrected chi connectivity index (χ3v) is 2.26. The Kier molecular flexibility index (Phi) is 7.23. The summed E-state index contributed by atoms with van der Waals surface area (Å²) in [5.41, 5.74) is 0. The van der Waals surface area contributed by atoms with Crippen LogP contribution in [0.25, 0.3) is 0 Å². The van der Waals surface area contributed by atoms with Crippen LogP contribution in [0.5, 0.6) is 0 Å². The zero-order valence-corrected chi connectivity index (χ0v) is 9.63. The molecule has 13 heavy (non-hydrogen) atoms. The molecule has 0 radical (unpaired) electrons. The van der Waals surface area contributed by atoms with E-state index in [-0.39, 0.29) is 0 Å². The van der Waals surface area contributed by atoms with Crippen LogP contribution in [-0.4, -0.2) is 50.8 Å². The van der Waals surface area contributed by atoms with Gasteiger partial charge in [-0.1, -0.05) is 0 Å². The summed E-state index contributed by atoms with van der Waals surface area (Å²) in [5, 5.41) is 3.40. The predicted octanol–water partition coefficient (Wildman–Crippen LogP) is 0.951. The van der Waals surface area contributed by atoms with Gasteiger partial charge in [-0.05, 0) is 27.8 Å². The Morgan fingerprint density at radius 2 is 1.92 bits per heavy atom. The van der Waals surface area contributed by atoms with Gasteiger partial charge in [-0.3, -0.25) is 0 Å². The van der Waals surface area contributed by atoms with Crippen molar-refractivity contribution in [1.82, 2.24) is 10.2 Å². The Morgan fingerprint density at radius 3 is 2.38 bits per heavy atom. The molecule has 80 valence electrons. The Bertz CT molecular complexity index is 117. The number of methoxy groups -OCH3 is 1. The Morgan fingerprint density at radius 1 is 1.31 bits per heavy atom. The van der Waals surface area contributed by atoms with Crippen molar-refractivity contribution in [2.45, 2.75) is 32.9 Å². The Balaban J connectivity index is 3.33. The summed E-state index contributed by atoms with van der Waals surface area (Å²) in [6, 6.07) is 1.07. The molecule has 0 bridgehead atoms. The van der Waals surface area contributed by atoms with E-state index in [0.29, 0.717) is 12.1 Å². The molecule has 0 saturated heterocycles. The van der Waals surface area contributed by atoms with Gasteiger partial charge in [-0.15, -0.1) is 0 Å². The average Bonchev–Trinajstić information content (AvgIpc) is 2.04. The predicted molar refractivity (Wildman–Crippen MR) is 57.1 cm³/mol. The average molecular weight is 188 g/mol. The second-order valence-corrected chi connectivity index (χ2v) is 3.88. The maximum atomic E-state index is 5.03.